The molecule has 3 rings (SSSR count). The summed E-state index contributed by atoms with van der Waals surface area (Å²) in [4.78, 5) is 28.4. The highest BCUT2D eigenvalue weighted by molar-refractivity contribution is 5.92. The number of amides is 2. The fourth-order valence-corrected chi connectivity index (χ4v) is 3.99. The van der Waals surface area contributed by atoms with Crippen molar-refractivity contribution in [2.45, 2.75) is 58.6 Å². The smallest absolute Gasteiger partial charge is 0.410 e. The minimum Gasteiger partial charge on any atom is -0.441 e. The van der Waals surface area contributed by atoms with Crippen LogP contribution in [0.25, 0.3) is 0 Å². The van der Waals surface area contributed by atoms with Gasteiger partial charge in [0, 0.05) is 33.1 Å². The normalized spacial score (nSPS) is 23.7. The Kier molecular flexibility index (Phi) is 5.25. The van der Waals surface area contributed by atoms with E-state index in [4.69, 9.17) is 4.74 Å². The molecule has 0 N–H and O–H groups in total. The van der Waals surface area contributed by atoms with Crippen LogP contribution in [0.5, 0.6) is 0 Å². The molecule has 1 aromatic heterocycles. The Morgan fingerprint density at radius 1 is 1.35 bits per heavy atom. The Labute approximate surface area is 155 Å². The van der Waals surface area contributed by atoms with Crippen molar-refractivity contribution in [2.24, 2.45) is 5.92 Å². The molecule has 0 unspecified atom stereocenters. The van der Waals surface area contributed by atoms with E-state index in [0.29, 0.717) is 44.2 Å². The molecule has 1 atom stereocenters. The average Bonchev–Trinajstić information content (AvgIpc) is 3.02. The molecule has 1 spiro atoms. The molecule has 0 saturated carbocycles. The third-order valence-corrected chi connectivity index (χ3v) is 5.29. The number of nitrogens with zero attached hydrogens (tertiary/aromatic N) is 4. The maximum Gasteiger partial charge on any atom is 0.410 e. The predicted octanol–water partition coefficient (Wildman–Crippen LogP) is 2.55. The molecule has 0 aromatic carbocycles. The van der Waals surface area contributed by atoms with E-state index in [9.17, 15) is 9.59 Å². The van der Waals surface area contributed by atoms with Crippen molar-refractivity contribution in [3.8, 4) is 0 Å². The number of aryl methyl sites for hydroxylation is 1. The van der Waals surface area contributed by atoms with Crippen LogP contribution in [0.1, 0.15) is 56.2 Å². The Morgan fingerprint density at radius 3 is 2.73 bits per heavy atom. The highest BCUT2D eigenvalue weighted by atomic mass is 16.6. The highest BCUT2D eigenvalue weighted by Crippen LogP contribution is 2.33. The molecule has 0 bridgehead atoms. The minimum atomic E-state index is -0.436. The first-order valence-corrected chi connectivity index (χ1v) is 9.63. The number of ether oxygens (including phenoxy) is 1. The van der Waals surface area contributed by atoms with Gasteiger partial charge in [-0.3, -0.25) is 9.48 Å². The number of aromatic nitrogens is 2. The lowest BCUT2D eigenvalue weighted by Crippen LogP contribution is -2.37. The summed E-state index contributed by atoms with van der Waals surface area (Å²) in [7, 11) is 1.76. The van der Waals surface area contributed by atoms with Gasteiger partial charge in [0.25, 0.3) is 5.91 Å². The van der Waals surface area contributed by atoms with Crippen LogP contribution in [0.4, 0.5) is 4.79 Å². The number of carbonyl (C=O) groups excluding carboxylic acids is 2. The second-order valence-electron chi connectivity index (χ2n) is 7.99. The van der Waals surface area contributed by atoms with Crippen molar-refractivity contribution >= 4 is 12.0 Å². The van der Waals surface area contributed by atoms with Gasteiger partial charge < -0.3 is 14.5 Å². The lowest BCUT2D eigenvalue weighted by molar-refractivity contribution is 0.0437. The molecule has 1 aromatic rings. The fourth-order valence-electron chi connectivity index (χ4n) is 3.99. The summed E-state index contributed by atoms with van der Waals surface area (Å²) in [6.07, 6.45) is 2.95. The van der Waals surface area contributed by atoms with Crippen LogP contribution >= 0.6 is 0 Å². The van der Waals surface area contributed by atoms with Crippen molar-refractivity contribution in [3.63, 3.8) is 0 Å². The Bertz CT molecular complexity index is 684. The molecular formula is C19H30N4O3. The summed E-state index contributed by atoms with van der Waals surface area (Å²) in [6, 6.07) is 1.94. The SMILES string of the molecule is CCn1nc(CC(C)C)cc1C(=O)N1CCC[C@]2(CC1)CN(C)C(=O)O2. The number of hydrogen-bond acceptors (Lipinski definition) is 4. The molecule has 2 saturated heterocycles. The van der Waals surface area contributed by atoms with E-state index in [1.54, 1.807) is 11.9 Å². The van der Waals surface area contributed by atoms with Gasteiger partial charge in [-0.2, -0.15) is 5.10 Å². The molecule has 2 aliphatic rings. The van der Waals surface area contributed by atoms with Crippen molar-refractivity contribution in [2.75, 3.05) is 26.7 Å². The quantitative estimate of drug-likeness (QED) is 0.825. The predicted molar refractivity (Wildman–Crippen MR) is 98.0 cm³/mol. The topological polar surface area (TPSA) is 67.7 Å². The zero-order valence-electron chi connectivity index (χ0n) is 16.3. The molecule has 2 amide bonds. The zero-order valence-corrected chi connectivity index (χ0v) is 16.3. The standard InChI is InChI=1S/C19H30N4O3/c1-5-23-16(12-15(20-23)11-14(2)3)17(24)22-9-6-7-19(8-10-22)13-21(4)18(25)26-19/h12,14H,5-11,13H2,1-4H3/t19-/m0/s1. The first-order valence-electron chi connectivity index (χ1n) is 9.63. The first-order chi connectivity index (χ1) is 12.3. The van der Waals surface area contributed by atoms with Crippen LogP contribution < -0.4 is 0 Å². The fraction of sp³-hybridized carbons (Fsp3) is 0.737. The van der Waals surface area contributed by atoms with Gasteiger partial charge in [-0.25, -0.2) is 4.79 Å². The van der Waals surface area contributed by atoms with E-state index in [-0.39, 0.29) is 12.0 Å². The Morgan fingerprint density at radius 2 is 2.12 bits per heavy atom. The van der Waals surface area contributed by atoms with E-state index >= 15 is 0 Å². The van der Waals surface area contributed by atoms with Crippen molar-refractivity contribution in [3.05, 3.63) is 17.5 Å². The van der Waals surface area contributed by atoms with Gasteiger partial charge >= 0.3 is 6.09 Å². The van der Waals surface area contributed by atoms with Gasteiger partial charge in [0.2, 0.25) is 0 Å². The monoisotopic (exact) mass is 362 g/mol. The molecule has 7 nitrogen and oxygen atoms in total. The van der Waals surface area contributed by atoms with Gasteiger partial charge in [0.05, 0.1) is 12.2 Å². The third kappa shape index (κ3) is 3.71. The van der Waals surface area contributed by atoms with Crippen LogP contribution in [-0.4, -0.2) is 63.9 Å². The summed E-state index contributed by atoms with van der Waals surface area (Å²) in [5, 5.41) is 4.59. The van der Waals surface area contributed by atoms with E-state index < -0.39 is 5.60 Å². The number of hydrogen-bond donors (Lipinski definition) is 0. The van der Waals surface area contributed by atoms with Crippen LogP contribution in [0, 0.1) is 5.92 Å². The van der Waals surface area contributed by atoms with Crippen molar-refractivity contribution in [1.29, 1.82) is 0 Å². The van der Waals surface area contributed by atoms with Gasteiger partial charge in [-0.15, -0.1) is 0 Å². The van der Waals surface area contributed by atoms with E-state index in [0.717, 1.165) is 25.0 Å². The van der Waals surface area contributed by atoms with Crippen LogP contribution in [0.15, 0.2) is 6.07 Å². The lowest BCUT2D eigenvalue weighted by Gasteiger charge is -2.25. The van der Waals surface area contributed by atoms with Gasteiger partial charge in [-0.1, -0.05) is 13.8 Å². The highest BCUT2D eigenvalue weighted by Gasteiger charge is 2.44. The summed E-state index contributed by atoms with van der Waals surface area (Å²) < 4.78 is 7.45. The molecule has 0 aliphatic carbocycles. The third-order valence-electron chi connectivity index (χ3n) is 5.29. The van der Waals surface area contributed by atoms with Crippen LogP contribution in [0.3, 0.4) is 0 Å². The van der Waals surface area contributed by atoms with E-state index in [1.165, 1.54) is 0 Å². The summed E-state index contributed by atoms with van der Waals surface area (Å²) >= 11 is 0. The molecule has 26 heavy (non-hydrogen) atoms. The molecular weight excluding hydrogens is 332 g/mol. The average molecular weight is 362 g/mol. The number of carbonyl (C=O) groups is 2. The first kappa shape index (κ1) is 18.7. The Hall–Kier alpha value is -2.05. The van der Waals surface area contributed by atoms with Gasteiger partial charge in [0.15, 0.2) is 0 Å². The van der Waals surface area contributed by atoms with Gasteiger partial charge in [-0.05, 0) is 38.2 Å². The number of likely N-dealkylation sites (N-methyl/N-ethyl adjacent to an activating group) is 1. The van der Waals surface area contributed by atoms with Crippen molar-refractivity contribution < 1.29 is 14.3 Å². The molecule has 2 aliphatic heterocycles. The molecule has 144 valence electrons. The second-order valence-corrected chi connectivity index (χ2v) is 7.99. The van der Waals surface area contributed by atoms with E-state index in [1.807, 2.05) is 22.6 Å². The molecule has 3 heterocycles. The Balaban J connectivity index is 1.72. The van der Waals surface area contributed by atoms with Crippen LogP contribution in [0.2, 0.25) is 0 Å². The summed E-state index contributed by atoms with van der Waals surface area (Å²) in [5.41, 5.74) is 1.21. The largest absolute Gasteiger partial charge is 0.441 e. The second kappa shape index (κ2) is 7.29. The molecule has 2 fully saturated rings. The number of likely N-dealkylation sites (tertiary alicyclic amines) is 1. The number of rotatable bonds is 4. The molecule has 0 radical (unpaired) electrons. The van der Waals surface area contributed by atoms with Crippen molar-refractivity contribution in [1.82, 2.24) is 19.6 Å². The van der Waals surface area contributed by atoms with E-state index in [2.05, 4.69) is 18.9 Å². The maximum absolute atomic E-state index is 13.1. The van der Waals surface area contributed by atoms with Crippen LogP contribution in [-0.2, 0) is 17.7 Å². The zero-order chi connectivity index (χ0) is 18.9. The summed E-state index contributed by atoms with van der Waals surface area (Å²) in [5.74, 6) is 0.536. The maximum atomic E-state index is 13.1. The van der Waals surface area contributed by atoms with Gasteiger partial charge in [0.1, 0.15) is 11.3 Å². The summed E-state index contributed by atoms with van der Waals surface area (Å²) in [6.45, 7) is 8.90. The molecule has 7 heteroatoms. The lowest BCUT2D eigenvalue weighted by atomic mass is 9.95. The minimum absolute atomic E-state index is 0.0316.